The third-order valence-corrected chi connectivity index (χ3v) is 5.01. The fraction of sp³-hybridized carbons (Fsp3) is 0.333. The molecule has 0 amide bonds. The lowest BCUT2D eigenvalue weighted by Gasteiger charge is -2.44. The number of benzene rings is 2. The minimum Gasteiger partial charge on any atom is -0.496 e. The van der Waals surface area contributed by atoms with E-state index in [-0.39, 0.29) is 5.69 Å². The third kappa shape index (κ3) is 2.71. The van der Waals surface area contributed by atoms with E-state index in [0.29, 0.717) is 16.3 Å². The second kappa shape index (κ2) is 5.88. The molecule has 1 aliphatic rings. The number of nitrogens with two attached hydrogens (primary N) is 1. The first kappa shape index (κ1) is 17.0. The molecule has 0 atom stereocenters. The predicted octanol–water partition coefficient (Wildman–Crippen LogP) is 5.42. The fourth-order valence-electron chi connectivity index (χ4n) is 3.44. The molecule has 2 N–H and O–H groups in total. The summed E-state index contributed by atoms with van der Waals surface area (Å²) in [5.41, 5.74) is 6.53. The van der Waals surface area contributed by atoms with Gasteiger partial charge in [-0.15, -0.1) is 0 Å². The summed E-state index contributed by atoms with van der Waals surface area (Å²) in [4.78, 5) is 0. The van der Waals surface area contributed by atoms with Gasteiger partial charge < -0.3 is 10.5 Å². The van der Waals surface area contributed by atoms with Gasteiger partial charge in [-0.2, -0.15) is 13.2 Å². The van der Waals surface area contributed by atoms with Crippen molar-refractivity contribution in [2.75, 3.05) is 12.8 Å². The number of halogens is 4. The molecular weight excluding hydrogens is 339 g/mol. The number of hydrogen-bond donors (Lipinski definition) is 1. The second-order valence-electron chi connectivity index (χ2n) is 6.08. The Morgan fingerprint density at radius 3 is 2.29 bits per heavy atom. The van der Waals surface area contributed by atoms with Crippen LogP contribution in [0.2, 0.25) is 5.02 Å². The van der Waals surface area contributed by atoms with Crippen molar-refractivity contribution in [1.29, 1.82) is 0 Å². The number of methoxy groups -OCH3 is 1. The van der Waals surface area contributed by atoms with Crippen LogP contribution in [0.25, 0.3) is 0 Å². The zero-order valence-electron chi connectivity index (χ0n) is 13.1. The average Bonchev–Trinajstić information content (AvgIpc) is 2.47. The molecule has 0 heterocycles. The van der Waals surface area contributed by atoms with E-state index >= 15 is 0 Å². The van der Waals surface area contributed by atoms with Crippen molar-refractivity contribution in [2.45, 2.75) is 30.9 Å². The Kier molecular flexibility index (Phi) is 4.16. The van der Waals surface area contributed by atoms with Crippen LogP contribution >= 0.6 is 11.6 Å². The standard InChI is InChI=1S/C18H17ClF3NO/c1-24-16-6-4-12(19)10-14(16)17(7-2-8-17)13-5-3-11(9-15(13)23)18(20,21)22/h3-6,9-10H,2,7-8,23H2,1H3. The quantitative estimate of drug-likeness (QED) is 0.746. The van der Waals surface area contributed by atoms with Gasteiger partial charge in [0.2, 0.25) is 0 Å². The van der Waals surface area contributed by atoms with E-state index in [4.69, 9.17) is 22.1 Å². The van der Waals surface area contributed by atoms with E-state index in [1.54, 1.807) is 19.2 Å². The van der Waals surface area contributed by atoms with E-state index < -0.39 is 17.2 Å². The van der Waals surface area contributed by atoms with Crippen molar-refractivity contribution in [2.24, 2.45) is 0 Å². The van der Waals surface area contributed by atoms with Gasteiger partial charge in [0.25, 0.3) is 0 Å². The van der Waals surface area contributed by atoms with Gasteiger partial charge in [0.15, 0.2) is 0 Å². The summed E-state index contributed by atoms with van der Waals surface area (Å²) in [5.74, 6) is 0.665. The Morgan fingerprint density at radius 2 is 1.79 bits per heavy atom. The zero-order valence-corrected chi connectivity index (χ0v) is 13.8. The van der Waals surface area contributed by atoms with Gasteiger partial charge in [-0.25, -0.2) is 0 Å². The molecule has 1 fully saturated rings. The Balaban J connectivity index is 2.14. The van der Waals surface area contributed by atoms with Crippen molar-refractivity contribution in [1.82, 2.24) is 0 Å². The average molecular weight is 356 g/mol. The third-order valence-electron chi connectivity index (χ3n) is 4.78. The normalized spacial score (nSPS) is 16.5. The van der Waals surface area contributed by atoms with Gasteiger partial charge >= 0.3 is 6.18 Å². The van der Waals surface area contributed by atoms with Crippen LogP contribution in [0.5, 0.6) is 5.75 Å². The molecule has 0 unspecified atom stereocenters. The Labute approximate surface area is 143 Å². The Bertz CT molecular complexity index is 769. The number of ether oxygens (including phenoxy) is 1. The van der Waals surface area contributed by atoms with E-state index in [1.165, 1.54) is 6.07 Å². The lowest BCUT2D eigenvalue weighted by atomic mass is 9.60. The predicted molar refractivity (Wildman–Crippen MR) is 88.5 cm³/mol. The molecule has 6 heteroatoms. The summed E-state index contributed by atoms with van der Waals surface area (Å²) < 4.78 is 44.1. The molecule has 0 bridgehead atoms. The maximum atomic E-state index is 12.9. The molecule has 2 aromatic rings. The van der Waals surface area contributed by atoms with Crippen molar-refractivity contribution in [3.05, 3.63) is 58.1 Å². The first-order valence-corrected chi connectivity index (χ1v) is 7.97. The number of alkyl halides is 3. The smallest absolute Gasteiger partial charge is 0.416 e. The second-order valence-corrected chi connectivity index (χ2v) is 6.52. The van der Waals surface area contributed by atoms with Crippen LogP contribution in [0.15, 0.2) is 36.4 Å². The van der Waals surface area contributed by atoms with E-state index in [2.05, 4.69) is 0 Å². The number of nitrogen functional groups attached to an aromatic ring is 1. The first-order valence-electron chi connectivity index (χ1n) is 7.59. The van der Waals surface area contributed by atoms with Gasteiger partial charge in [0.1, 0.15) is 5.75 Å². The molecule has 1 saturated carbocycles. The highest BCUT2D eigenvalue weighted by atomic mass is 35.5. The van der Waals surface area contributed by atoms with E-state index in [1.807, 2.05) is 6.07 Å². The van der Waals surface area contributed by atoms with Crippen LogP contribution in [-0.2, 0) is 11.6 Å². The van der Waals surface area contributed by atoms with Crippen LogP contribution in [0, 0.1) is 0 Å². The van der Waals surface area contributed by atoms with E-state index in [9.17, 15) is 13.2 Å². The first-order chi connectivity index (χ1) is 11.3. The van der Waals surface area contributed by atoms with Crippen molar-refractivity contribution < 1.29 is 17.9 Å². The highest BCUT2D eigenvalue weighted by Crippen LogP contribution is 2.54. The van der Waals surface area contributed by atoms with Gasteiger partial charge in [-0.05, 0) is 48.7 Å². The van der Waals surface area contributed by atoms with Crippen molar-refractivity contribution in [3.63, 3.8) is 0 Å². The lowest BCUT2D eigenvalue weighted by molar-refractivity contribution is -0.137. The molecular formula is C18H17ClF3NO. The molecule has 0 aliphatic heterocycles. The minimum absolute atomic E-state index is 0.145. The zero-order chi connectivity index (χ0) is 17.5. The molecule has 0 radical (unpaired) electrons. The summed E-state index contributed by atoms with van der Waals surface area (Å²) in [7, 11) is 1.56. The van der Waals surface area contributed by atoms with Gasteiger partial charge in [-0.1, -0.05) is 24.1 Å². The highest BCUT2D eigenvalue weighted by Gasteiger charge is 2.44. The molecule has 1 aliphatic carbocycles. The monoisotopic (exact) mass is 355 g/mol. The number of hydrogen-bond acceptors (Lipinski definition) is 2. The molecule has 24 heavy (non-hydrogen) atoms. The van der Waals surface area contributed by atoms with Gasteiger partial charge in [0, 0.05) is 21.7 Å². The minimum atomic E-state index is -4.41. The fourth-order valence-corrected chi connectivity index (χ4v) is 3.62. The van der Waals surface area contributed by atoms with Crippen LogP contribution in [-0.4, -0.2) is 7.11 Å². The van der Waals surface area contributed by atoms with Crippen LogP contribution in [0.4, 0.5) is 18.9 Å². The summed E-state index contributed by atoms with van der Waals surface area (Å²) in [6, 6.07) is 8.90. The Morgan fingerprint density at radius 1 is 1.08 bits per heavy atom. The Hall–Kier alpha value is -1.88. The SMILES string of the molecule is COc1ccc(Cl)cc1C1(c2ccc(C(F)(F)F)cc2N)CCC1. The maximum Gasteiger partial charge on any atom is 0.416 e. The molecule has 3 rings (SSSR count). The number of anilines is 1. The van der Waals surface area contributed by atoms with Crippen molar-refractivity contribution in [3.8, 4) is 5.75 Å². The highest BCUT2D eigenvalue weighted by molar-refractivity contribution is 6.30. The molecule has 0 spiro atoms. The molecule has 2 nitrogen and oxygen atoms in total. The summed E-state index contributed by atoms with van der Waals surface area (Å²) in [5, 5.41) is 0.558. The summed E-state index contributed by atoms with van der Waals surface area (Å²) in [6.45, 7) is 0. The summed E-state index contributed by atoms with van der Waals surface area (Å²) >= 11 is 6.14. The maximum absolute atomic E-state index is 12.9. The molecule has 128 valence electrons. The molecule has 0 saturated heterocycles. The molecule has 2 aromatic carbocycles. The van der Waals surface area contributed by atoms with Crippen molar-refractivity contribution >= 4 is 17.3 Å². The summed E-state index contributed by atoms with van der Waals surface area (Å²) in [6.07, 6.45) is -1.86. The van der Waals surface area contributed by atoms with Gasteiger partial charge in [0.05, 0.1) is 12.7 Å². The topological polar surface area (TPSA) is 35.2 Å². The van der Waals surface area contributed by atoms with Crippen LogP contribution in [0.1, 0.15) is 36.0 Å². The lowest BCUT2D eigenvalue weighted by Crippen LogP contribution is -2.36. The van der Waals surface area contributed by atoms with Crippen LogP contribution < -0.4 is 10.5 Å². The van der Waals surface area contributed by atoms with Gasteiger partial charge in [-0.3, -0.25) is 0 Å². The molecule has 0 aromatic heterocycles. The van der Waals surface area contributed by atoms with E-state index in [0.717, 1.165) is 37.0 Å². The largest absolute Gasteiger partial charge is 0.496 e. The number of rotatable bonds is 3. The van der Waals surface area contributed by atoms with Crippen LogP contribution in [0.3, 0.4) is 0 Å².